The zero-order valence-electron chi connectivity index (χ0n) is 15.4. The van der Waals surface area contributed by atoms with Gasteiger partial charge in [0.1, 0.15) is 0 Å². The molecule has 4 rings (SSSR count). The summed E-state index contributed by atoms with van der Waals surface area (Å²) in [5, 5.41) is 0. The Labute approximate surface area is 161 Å². The van der Waals surface area contributed by atoms with Gasteiger partial charge in [-0.25, -0.2) is 4.98 Å². The maximum absolute atomic E-state index is 13.2. The third-order valence-corrected chi connectivity index (χ3v) is 5.27. The van der Waals surface area contributed by atoms with Crippen LogP contribution in [0.1, 0.15) is 23.1 Å². The molecule has 1 fully saturated rings. The minimum atomic E-state index is -4.44. The van der Waals surface area contributed by atoms with Crippen LogP contribution >= 0.6 is 0 Å². The number of hydrogen-bond donors (Lipinski definition) is 0. The first-order valence-electron chi connectivity index (χ1n) is 9.15. The molecule has 2 aliphatic rings. The van der Waals surface area contributed by atoms with Crippen molar-refractivity contribution in [2.24, 2.45) is 0 Å². The normalized spacial score (nSPS) is 22.6. The number of methoxy groups -OCH3 is 1. The van der Waals surface area contributed by atoms with Crippen molar-refractivity contribution >= 4 is 5.57 Å². The summed E-state index contributed by atoms with van der Waals surface area (Å²) in [4.78, 5) is 6.25. The molecule has 148 valence electrons. The monoisotopic (exact) mass is 390 g/mol. The summed E-state index contributed by atoms with van der Waals surface area (Å²) in [5.74, 6) is 0.217. The van der Waals surface area contributed by atoms with Crippen LogP contribution in [0.25, 0.3) is 5.57 Å². The summed E-state index contributed by atoms with van der Waals surface area (Å²) in [6.45, 7) is 1.85. The predicted molar refractivity (Wildman–Crippen MR) is 98.8 cm³/mol. The van der Waals surface area contributed by atoms with Crippen molar-refractivity contribution in [2.75, 3.05) is 20.3 Å². The first kappa shape index (κ1) is 19.0. The minimum absolute atomic E-state index is 0.00181. The molecule has 0 amide bonds. The number of morpholine rings is 1. The molecule has 0 saturated carbocycles. The molecule has 1 saturated heterocycles. The minimum Gasteiger partial charge on any atom is -0.481 e. The van der Waals surface area contributed by atoms with E-state index in [1.165, 1.54) is 12.7 Å². The van der Waals surface area contributed by atoms with E-state index in [4.69, 9.17) is 9.47 Å². The molecular weight excluding hydrogens is 369 g/mol. The maximum Gasteiger partial charge on any atom is 0.417 e. The van der Waals surface area contributed by atoms with Crippen molar-refractivity contribution in [3.8, 4) is 5.88 Å². The van der Waals surface area contributed by atoms with Gasteiger partial charge in [-0.1, -0.05) is 36.4 Å². The molecule has 2 aliphatic heterocycles. The number of ether oxygens (including phenoxy) is 2. The van der Waals surface area contributed by atoms with Crippen LogP contribution in [-0.4, -0.2) is 42.3 Å². The van der Waals surface area contributed by atoms with Crippen LogP contribution in [0, 0.1) is 0 Å². The van der Waals surface area contributed by atoms with Crippen LogP contribution in [-0.2, 0) is 17.5 Å². The van der Waals surface area contributed by atoms with Gasteiger partial charge in [0.15, 0.2) is 0 Å². The molecule has 2 bridgehead atoms. The molecule has 2 atom stereocenters. The Kier molecular flexibility index (Phi) is 5.12. The second-order valence-corrected chi connectivity index (χ2v) is 7.09. The van der Waals surface area contributed by atoms with Crippen molar-refractivity contribution in [2.45, 2.75) is 31.2 Å². The number of alkyl halides is 3. The van der Waals surface area contributed by atoms with Crippen molar-refractivity contribution < 1.29 is 22.6 Å². The van der Waals surface area contributed by atoms with Crippen molar-refractivity contribution in [1.82, 2.24) is 9.88 Å². The number of rotatable bonds is 4. The largest absolute Gasteiger partial charge is 0.481 e. The second-order valence-electron chi connectivity index (χ2n) is 7.09. The zero-order valence-corrected chi connectivity index (χ0v) is 15.4. The second kappa shape index (κ2) is 7.56. The van der Waals surface area contributed by atoms with E-state index in [1.54, 1.807) is 0 Å². The molecule has 4 nitrogen and oxygen atoms in total. The van der Waals surface area contributed by atoms with Gasteiger partial charge in [0.25, 0.3) is 0 Å². The number of hydrogen-bond acceptors (Lipinski definition) is 4. The number of benzene rings is 1. The molecule has 0 aliphatic carbocycles. The average Bonchev–Trinajstić information content (AvgIpc) is 2.67. The van der Waals surface area contributed by atoms with Gasteiger partial charge in [-0.3, -0.25) is 4.90 Å². The third kappa shape index (κ3) is 3.77. The summed E-state index contributed by atoms with van der Waals surface area (Å²) >= 11 is 0. The molecule has 2 unspecified atom stereocenters. The van der Waals surface area contributed by atoms with E-state index in [0.29, 0.717) is 25.2 Å². The fourth-order valence-electron chi connectivity index (χ4n) is 3.90. The summed E-state index contributed by atoms with van der Waals surface area (Å²) in [6.07, 6.45) is -1.04. The van der Waals surface area contributed by atoms with Crippen LogP contribution in [0.5, 0.6) is 5.88 Å². The SMILES string of the molecule is COc1ncc(C(F)(F)F)cc1C1=CC2COCC(C1)N2Cc1ccccc1. The van der Waals surface area contributed by atoms with E-state index in [9.17, 15) is 13.2 Å². The number of nitrogens with zero attached hydrogens (tertiary/aromatic N) is 2. The van der Waals surface area contributed by atoms with Crippen LogP contribution in [0.3, 0.4) is 0 Å². The van der Waals surface area contributed by atoms with Gasteiger partial charge in [-0.05, 0) is 23.6 Å². The molecule has 0 spiro atoms. The highest BCUT2D eigenvalue weighted by molar-refractivity contribution is 5.71. The summed E-state index contributed by atoms with van der Waals surface area (Å²) < 4.78 is 50.5. The van der Waals surface area contributed by atoms with E-state index in [1.807, 2.05) is 24.3 Å². The van der Waals surface area contributed by atoms with Crippen LogP contribution in [0.2, 0.25) is 0 Å². The summed E-state index contributed by atoms with van der Waals surface area (Å²) in [7, 11) is 1.42. The smallest absolute Gasteiger partial charge is 0.417 e. The molecule has 7 heteroatoms. The highest BCUT2D eigenvalue weighted by Crippen LogP contribution is 2.39. The standard InChI is InChI=1S/C21H21F3N2O2/c1-27-20-19(9-16(10-25-20)21(22,23)24)15-7-17-12-28-13-18(8-15)26(17)11-14-5-3-2-4-6-14/h2-7,9-10,17-18H,8,11-13H2,1H3. The van der Waals surface area contributed by atoms with E-state index >= 15 is 0 Å². The molecular formula is C21H21F3N2O2. The first-order chi connectivity index (χ1) is 13.5. The Bertz CT molecular complexity index is 868. The molecule has 0 radical (unpaired) electrons. The Morgan fingerprint density at radius 1 is 1.21 bits per heavy atom. The number of pyridine rings is 1. The molecule has 1 aromatic carbocycles. The quantitative estimate of drug-likeness (QED) is 0.785. The van der Waals surface area contributed by atoms with Crippen LogP contribution < -0.4 is 4.74 Å². The lowest BCUT2D eigenvalue weighted by Crippen LogP contribution is -2.53. The van der Waals surface area contributed by atoms with E-state index in [2.05, 4.69) is 22.0 Å². The van der Waals surface area contributed by atoms with Crippen LogP contribution in [0.15, 0.2) is 48.7 Å². The van der Waals surface area contributed by atoms with Crippen molar-refractivity contribution in [1.29, 1.82) is 0 Å². The number of halogens is 3. The highest BCUT2D eigenvalue weighted by Gasteiger charge is 2.37. The Morgan fingerprint density at radius 2 is 2.00 bits per heavy atom. The molecule has 2 aromatic rings. The number of aromatic nitrogens is 1. The van der Waals surface area contributed by atoms with E-state index in [-0.39, 0.29) is 18.0 Å². The summed E-state index contributed by atoms with van der Waals surface area (Å²) in [6, 6.07) is 11.4. The fourth-order valence-corrected chi connectivity index (χ4v) is 3.90. The van der Waals surface area contributed by atoms with Gasteiger partial charge < -0.3 is 9.47 Å². The van der Waals surface area contributed by atoms with Gasteiger partial charge in [0, 0.05) is 24.3 Å². The van der Waals surface area contributed by atoms with Gasteiger partial charge in [0.05, 0.1) is 31.9 Å². The fraction of sp³-hybridized carbons (Fsp3) is 0.381. The molecule has 1 aromatic heterocycles. The Morgan fingerprint density at radius 3 is 2.68 bits per heavy atom. The topological polar surface area (TPSA) is 34.6 Å². The lowest BCUT2D eigenvalue weighted by atomic mass is 9.89. The molecule has 3 heterocycles. The van der Waals surface area contributed by atoms with Crippen molar-refractivity contribution in [3.05, 3.63) is 65.4 Å². The lowest BCUT2D eigenvalue weighted by Gasteiger charge is -2.45. The maximum atomic E-state index is 13.2. The lowest BCUT2D eigenvalue weighted by molar-refractivity contribution is -0.137. The Hall–Kier alpha value is -2.38. The third-order valence-electron chi connectivity index (χ3n) is 5.27. The Balaban J connectivity index is 1.67. The van der Waals surface area contributed by atoms with E-state index < -0.39 is 11.7 Å². The van der Waals surface area contributed by atoms with E-state index in [0.717, 1.165) is 24.4 Å². The van der Waals surface area contributed by atoms with Gasteiger partial charge in [0.2, 0.25) is 5.88 Å². The molecule has 0 N–H and O–H groups in total. The van der Waals surface area contributed by atoms with Crippen LogP contribution in [0.4, 0.5) is 13.2 Å². The first-order valence-corrected chi connectivity index (χ1v) is 9.15. The van der Waals surface area contributed by atoms with Crippen molar-refractivity contribution in [3.63, 3.8) is 0 Å². The summed E-state index contributed by atoms with van der Waals surface area (Å²) in [5.41, 5.74) is 1.68. The zero-order chi connectivity index (χ0) is 19.7. The molecule has 28 heavy (non-hydrogen) atoms. The number of fused-ring (bicyclic) bond motifs is 2. The highest BCUT2D eigenvalue weighted by atomic mass is 19.4. The van der Waals surface area contributed by atoms with Gasteiger partial charge in [-0.2, -0.15) is 13.2 Å². The predicted octanol–water partition coefficient (Wildman–Crippen LogP) is 4.17. The van der Waals surface area contributed by atoms with Gasteiger partial charge >= 0.3 is 6.18 Å². The van der Waals surface area contributed by atoms with Gasteiger partial charge in [-0.15, -0.1) is 0 Å². The average molecular weight is 390 g/mol.